The molecule has 82 valence electrons. The zero-order valence-electron chi connectivity index (χ0n) is 9.46. The van der Waals surface area contributed by atoms with Crippen LogP contribution in [-0.4, -0.2) is 49.2 Å². The normalized spacial score (nSPS) is 24.7. The smallest absolute Gasteiger partial charge is 0.324 e. The summed E-state index contributed by atoms with van der Waals surface area (Å²) < 4.78 is 5.30. The lowest BCUT2D eigenvalue weighted by Crippen LogP contribution is -2.54. The van der Waals surface area contributed by atoms with Crippen LogP contribution in [0.1, 0.15) is 20.8 Å². The van der Waals surface area contributed by atoms with E-state index in [4.69, 9.17) is 4.74 Å². The van der Waals surface area contributed by atoms with Crippen molar-refractivity contribution in [2.24, 2.45) is 0 Å². The molecule has 1 heterocycles. The molecule has 0 aliphatic carbocycles. The van der Waals surface area contributed by atoms with Crippen molar-refractivity contribution in [2.45, 2.75) is 32.4 Å². The minimum atomic E-state index is -0.394. The van der Waals surface area contributed by atoms with Crippen molar-refractivity contribution in [1.82, 2.24) is 10.2 Å². The SMILES string of the molecule is CN1CCNC(C(=O)OC(C)(C)C)C1. The van der Waals surface area contributed by atoms with Gasteiger partial charge in [0.1, 0.15) is 11.6 Å². The van der Waals surface area contributed by atoms with Crippen LogP contribution in [0.2, 0.25) is 0 Å². The summed E-state index contributed by atoms with van der Waals surface area (Å²) in [5.74, 6) is -0.149. The van der Waals surface area contributed by atoms with Crippen molar-refractivity contribution in [3.63, 3.8) is 0 Å². The lowest BCUT2D eigenvalue weighted by Gasteiger charge is -2.31. The van der Waals surface area contributed by atoms with Crippen LogP contribution in [0.4, 0.5) is 0 Å². The molecule has 0 aromatic rings. The van der Waals surface area contributed by atoms with Gasteiger partial charge in [-0.25, -0.2) is 0 Å². The predicted octanol–water partition coefficient (Wildman–Crippen LogP) is 0.232. The molecule has 0 amide bonds. The molecule has 1 atom stereocenters. The van der Waals surface area contributed by atoms with Crippen molar-refractivity contribution >= 4 is 5.97 Å². The van der Waals surface area contributed by atoms with E-state index in [0.29, 0.717) is 0 Å². The van der Waals surface area contributed by atoms with Gasteiger partial charge in [-0.05, 0) is 27.8 Å². The van der Waals surface area contributed by atoms with Crippen LogP contribution in [0, 0.1) is 0 Å². The molecule has 1 unspecified atom stereocenters. The highest BCUT2D eigenvalue weighted by molar-refractivity contribution is 5.76. The average Bonchev–Trinajstić information content (AvgIpc) is 2.01. The average molecular weight is 200 g/mol. The number of rotatable bonds is 1. The third-order valence-corrected chi connectivity index (χ3v) is 2.07. The summed E-state index contributed by atoms with van der Waals surface area (Å²) in [6, 6.07) is -0.173. The molecule has 0 bridgehead atoms. The number of hydrogen-bond acceptors (Lipinski definition) is 4. The molecule has 4 heteroatoms. The minimum absolute atomic E-state index is 0.149. The molecule has 1 aliphatic rings. The van der Waals surface area contributed by atoms with Gasteiger partial charge in [-0.2, -0.15) is 0 Å². The second kappa shape index (κ2) is 4.28. The van der Waals surface area contributed by atoms with Gasteiger partial charge < -0.3 is 15.0 Å². The first-order valence-electron chi connectivity index (χ1n) is 5.03. The van der Waals surface area contributed by atoms with Crippen LogP contribution in [-0.2, 0) is 9.53 Å². The number of carbonyl (C=O) groups excluding carboxylic acids is 1. The molecule has 0 radical (unpaired) electrons. The zero-order valence-corrected chi connectivity index (χ0v) is 9.46. The van der Waals surface area contributed by atoms with Gasteiger partial charge in [0.2, 0.25) is 0 Å². The number of ether oxygens (including phenoxy) is 1. The molecular weight excluding hydrogens is 180 g/mol. The van der Waals surface area contributed by atoms with E-state index in [9.17, 15) is 4.79 Å². The largest absolute Gasteiger partial charge is 0.459 e. The van der Waals surface area contributed by atoms with Gasteiger partial charge in [0.05, 0.1) is 0 Å². The van der Waals surface area contributed by atoms with Crippen molar-refractivity contribution in [3.05, 3.63) is 0 Å². The van der Waals surface area contributed by atoms with E-state index in [1.54, 1.807) is 0 Å². The Hall–Kier alpha value is -0.610. The second-order valence-electron chi connectivity index (χ2n) is 4.80. The Morgan fingerprint density at radius 2 is 2.14 bits per heavy atom. The summed E-state index contributed by atoms with van der Waals surface area (Å²) in [5, 5.41) is 3.16. The maximum absolute atomic E-state index is 11.6. The Kier molecular flexibility index (Phi) is 3.50. The number of nitrogens with zero attached hydrogens (tertiary/aromatic N) is 1. The Morgan fingerprint density at radius 1 is 1.50 bits per heavy atom. The van der Waals surface area contributed by atoms with E-state index in [-0.39, 0.29) is 12.0 Å². The van der Waals surface area contributed by atoms with E-state index in [1.165, 1.54) is 0 Å². The third kappa shape index (κ3) is 3.64. The van der Waals surface area contributed by atoms with Crippen LogP contribution in [0.5, 0.6) is 0 Å². The molecule has 1 rings (SSSR count). The maximum Gasteiger partial charge on any atom is 0.324 e. The monoisotopic (exact) mass is 200 g/mol. The highest BCUT2D eigenvalue weighted by Gasteiger charge is 2.27. The molecule has 4 nitrogen and oxygen atoms in total. The van der Waals surface area contributed by atoms with Crippen molar-refractivity contribution in [1.29, 1.82) is 0 Å². The number of esters is 1. The number of likely N-dealkylation sites (N-methyl/N-ethyl adjacent to an activating group) is 1. The second-order valence-corrected chi connectivity index (χ2v) is 4.80. The molecule has 0 spiro atoms. The van der Waals surface area contributed by atoms with Gasteiger partial charge in [-0.1, -0.05) is 0 Å². The number of nitrogens with one attached hydrogen (secondary N) is 1. The third-order valence-electron chi connectivity index (χ3n) is 2.07. The summed E-state index contributed by atoms with van der Waals surface area (Å²) in [7, 11) is 2.01. The Balaban J connectivity index is 2.44. The lowest BCUT2D eigenvalue weighted by molar-refractivity contribution is -0.158. The van der Waals surface area contributed by atoms with Gasteiger partial charge in [0, 0.05) is 19.6 Å². The topological polar surface area (TPSA) is 41.6 Å². The van der Waals surface area contributed by atoms with Gasteiger partial charge in [-0.3, -0.25) is 4.79 Å². The number of piperazine rings is 1. The van der Waals surface area contributed by atoms with Crippen molar-refractivity contribution in [3.8, 4) is 0 Å². The molecular formula is C10H20N2O2. The number of hydrogen-bond donors (Lipinski definition) is 1. The van der Waals surface area contributed by atoms with E-state index in [0.717, 1.165) is 19.6 Å². The summed E-state index contributed by atoms with van der Waals surface area (Å²) in [5.41, 5.74) is -0.394. The summed E-state index contributed by atoms with van der Waals surface area (Å²) in [6.07, 6.45) is 0. The van der Waals surface area contributed by atoms with Crippen molar-refractivity contribution in [2.75, 3.05) is 26.7 Å². The summed E-state index contributed by atoms with van der Waals surface area (Å²) >= 11 is 0. The fourth-order valence-corrected chi connectivity index (χ4v) is 1.43. The Bertz CT molecular complexity index is 211. The van der Waals surface area contributed by atoms with Crippen LogP contribution in [0.25, 0.3) is 0 Å². The highest BCUT2D eigenvalue weighted by atomic mass is 16.6. The van der Waals surface area contributed by atoms with Crippen LogP contribution in [0.15, 0.2) is 0 Å². The molecule has 0 aromatic heterocycles. The van der Waals surface area contributed by atoms with Gasteiger partial charge in [0.25, 0.3) is 0 Å². The standard InChI is InChI=1S/C10H20N2O2/c1-10(2,3)14-9(13)8-7-12(4)6-5-11-8/h8,11H,5-7H2,1-4H3. The fraction of sp³-hybridized carbons (Fsp3) is 0.900. The highest BCUT2D eigenvalue weighted by Crippen LogP contribution is 2.09. The minimum Gasteiger partial charge on any atom is -0.459 e. The van der Waals surface area contributed by atoms with Gasteiger partial charge in [-0.15, -0.1) is 0 Å². The maximum atomic E-state index is 11.6. The van der Waals surface area contributed by atoms with E-state index >= 15 is 0 Å². The van der Waals surface area contributed by atoms with Gasteiger partial charge in [0.15, 0.2) is 0 Å². The van der Waals surface area contributed by atoms with Crippen LogP contribution >= 0.6 is 0 Å². The van der Waals surface area contributed by atoms with Crippen LogP contribution in [0.3, 0.4) is 0 Å². The predicted molar refractivity (Wildman–Crippen MR) is 55.1 cm³/mol. The first-order valence-corrected chi connectivity index (χ1v) is 5.03. The lowest BCUT2D eigenvalue weighted by atomic mass is 10.1. The molecule has 1 N–H and O–H groups in total. The molecule has 0 saturated carbocycles. The molecule has 1 aliphatic heterocycles. The number of carbonyl (C=O) groups is 1. The first-order chi connectivity index (χ1) is 6.38. The zero-order chi connectivity index (χ0) is 10.8. The summed E-state index contributed by atoms with van der Waals surface area (Å²) in [6.45, 7) is 8.22. The van der Waals surface area contributed by atoms with E-state index < -0.39 is 5.60 Å². The van der Waals surface area contributed by atoms with Crippen molar-refractivity contribution < 1.29 is 9.53 Å². The molecule has 0 aromatic carbocycles. The Labute approximate surface area is 85.6 Å². The summed E-state index contributed by atoms with van der Waals surface area (Å²) in [4.78, 5) is 13.8. The van der Waals surface area contributed by atoms with Crippen LogP contribution < -0.4 is 5.32 Å². The quantitative estimate of drug-likeness (QED) is 0.615. The first kappa shape index (κ1) is 11.5. The molecule has 1 saturated heterocycles. The molecule has 14 heavy (non-hydrogen) atoms. The molecule has 1 fully saturated rings. The van der Waals surface area contributed by atoms with Gasteiger partial charge >= 0.3 is 5.97 Å². The fourth-order valence-electron chi connectivity index (χ4n) is 1.43. The Morgan fingerprint density at radius 3 is 2.64 bits per heavy atom. The van der Waals surface area contributed by atoms with E-state index in [1.807, 2.05) is 27.8 Å². The van der Waals surface area contributed by atoms with E-state index in [2.05, 4.69) is 10.2 Å².